The Kier molecular flexibility index (Phi) is 3.24. The maximum absolute atomic E-state index is 6.33. The predicted molar refractivity (Wildman–Crippen MR) is 71.3 cm³/mol. The number of hydrogen-bond donors (Lipinski definition) is 0. The Morgan fingerprint density at radius 2 is 1.89 bits per heavy atom. The van der Waals surface area contributed by atoms with E-state index in [1.807, 2.05) is 35.0 Å². The van der Waals surface area contributed by atoms with Gasteiger partial charge >= 0.3 is 0 Å². The minimum Gasteiger partial charge on any atom is -0.452 e. The van der Waals surface area contributed by atoms with E-state index in [2.05, 4.69) is 5.10 Å². The minimum atomic E-state index is 0.436. The zero-order valence-corrected chi connectivity index (χ0v) is 10.8. The van der Waals surface area contributed by atoms with Gasteiger partial charge in [-0.3, -0.25) is 0 Å². The average molecular weight is 263 g/mol. The van der Waals surface area contributed by atoms with Gasteiger partial charge in [-0.1, -0.05) is 42.6 Å². The standard InChI is InChI=1S/C14H15ClN2O/c15-14-13(18-12-8-2-1-3-9-12)10-16-17(14)11-6-4-5-7-11/h1-3,8-11H,4-7H2. The SMILES string of the molecule is Clc1c(Oc2ccccc2)cnn1C1CCCC1. The fourth-order valence-corrected chi connectivity index (χ4v) is 2.69. The van der Waals surface area contributed by atoms with E-state index in [1.165, 1.54) is 12.8 Å². The first-order chi connectivity index (χ1) is 8.84. The van der Waals surface area contributed by atoms with E-state index in [4.69, 9.17) is 16.3 Å². The van der Waals surface area contributed by atoms with Gasteiger partial charge in [-0.2, -0.15) is 5.10 Å². The van der Waals surface area contributed by atoms with Gasteiger partial charge < -0.3 is 4.74 Å². The zero-order chi connectivity index (χ0) is 12.4. The summed E-state index contributed by atoms with van der Waals surface area (Å²) in [7, 11) is 0. The Labute approximate surface area is 111 Å². The number of aromatic nitrogens is 2. The maximum Gasteiger partial charge on any atom is 0.184 e. The van der Waals surface area contributed by atoms with E-state index >= 15 is 0 Å². The lowest BCUT2D eigenvalue weighted by Crippen LogP contribution is -2.06. The first kappa shape index (κ1) is 11.6. The quantitative estimate of drug-likeness (QED) is 0.817. The van der Waals surface area contributed by atoms with Crippen molar-refractivity contribution in [2.45, 2.75) is 31.7 Å². The molecule has 1 saturated carbocycles. The van der Waals surface area contributed by atoms with Crippen molar-refractivity contribution in [1.29, 1.82) is 0 Å². The van der Waals surface area contributed by atoms with E-state index in [0.29, 0.717) is 16.9 Å². The molecule has 1 aliphatic rings. The first-order valence-electron chi connectivity index (χ1n) is 6.30. The molecule has 0 radical (unpaired) electrons. The Morgan fingerprint density at radius 1 is 1.17 bits per heavy atom. The molecule has 0 spiro atoms. The Hall–Kier alpha value is -1.48. The lowest BCUT2D eigenvalue weighted by Gasteiger charge is -2.11. The molecule has 0 aliphatic heterocycles. The van der Waals surface area contributed by atoms with Crippen molar-refractivity contribution in [2.24, 2.45) is 0 Å². The van der Waals surface area contributed by atoms with Crippen LogP contribution in [0, 0.1) is 0 Å². The highest BCUT2D eigenvalue weighted by atomic mass is 35.5. The van der Waals surface area contributed by atoms with Crippen LogP contribution in [0.3, 0.4) is 0 Å². The summed E-state index contributed by atoms with van der Waals surface area (Å²) >= 11 is 6.33. The van der Waals surface area contributed by atoms with Crippen LogP contribution in [0.1, 0.15) is 31.7 Å². The molecule has 1 aromatic heterocycles. The number of nitrogens with zero attached hydrogens (tertiary/aromatic N) is 2. The Morgan fingerprint density at radius 3 is 2.61 bits per heavy atom. The van der Waals surface area contributed by atoms with Crippen LogP contribution < -0.4 is 4.74 Å². The second kappa shape index (κ2) is 5.02. The summed E-state index contributed by atoms with van der Waals surface area (Å²) < 4.78 is 7.63. The van der Waals surface area contributed by atoms with Crippen LogP contribution in [0.4, 0.5) is 0 Å². The maximum atomic E-state index is 6.33. The summed E-state index contributed by atoms with van der Waals surface area (Å²) in [6.07, 6.45) is 6.54. The molecule has 3 nitrogen and oxygen atoms in total. The molecule has 1 aliphatic carbocycles. The third-order valence-corrected chi connectivity index (χ3v) is 3.70. The van der Waals surface area contributed by atoms with Crippen molar-refractivity contribution >= 4 is 11.6 Å². The van der Waals surface area contributed by atoms with Crippen molar-refractivity contribution in [2.75, 3.05) is 0 Å². The molecule has 1 aromatic carbocycles. The smallest absolute Gasteiger partial charge is 0.184 e. The summed E-state index contributed by atoms with van der Waals surface area (Å²) in [4.78, 5) is 0. The van der Waals surface area contributed by atoms with E-state index in [1.54, 1.807) is 6.20 Å². The van der Waals surface area contributed by atoms with Crippen LogP contribution in [0.5, 0.6) is 11.5 Å². The van der Waals surface area contributed by atoms with Crippen LogP contribution in [0.2, 0.25) is 5.15 Å². The lowest BCUT2D eigenvalue weighted by atomic mass is 10.3. The van der Waals surface area contributed by atoms with E-state index in [9.17, 15) is 0 Å². The number of rotatable bonds is 3. The van der Waals surface area contributed by atoms with Crippen LogP contribution in [0.15, 0.2) is 36.5 Å². The van der Waals surface area contributed by atoms with Crippen LogP contribution in [-0.4, -0.2) is 9.78 Å². The molecule has 0 amide bonds. The largest absolute Gasteiger partial charge is 0.452 e. The number of ether oxygens (including phenoxy) is 1. The molecule has 1 heterocycles. The van der Waals surface area contributed by atoms with E-state index in [-0.39, 0.29) is 0 Å². The number of halogens is 1. The van der Waals surface area contributed by atoms with Crippen molar-refractivity contribution in [3.8, 4) is 11.5 Å². The van der Waals surface area contributed by atoms with Gasteiger partial charge in [0.1, 0.15) is 5.75 Å². The normalized spacial score (nSPS) is 16.1. The molecule has 4 heteroatoms. The summed E-state index contributed by atoms with van der Waals surface area (Å²) in [6.45, 7) is 0. The van der Waals surface area contributed by atoms with Gasteiger partial charge in [-0.25, -0.2) is 4.68 Å². The Balaban J connectivity index is 1.81. The van der Waals surface area contributed by atoms with Crippen LogP contribution in [-0.2, 0) is 0 Å². The zero-order valence-electron chi connectivity index (χ0n) is 10.1. The number of hydrogen-bond acceptors (Lipinski definition) is 2. The third-order valence-electron chi connectivity index (χ3n) is 3.35. The third kappa shape index (κ3) is 2.23. The van der Waals surface area contributed by atoms with Crippen LogP contribution in [0.25, 0.3) is 0 Å². The molecule has 0 unspecified atom stereocenters. The molecule has 3 rings (SSSR count). The summed E-state index contributed by atoms with van der Waals surface area (Å²) in [5.74, 6) is 1.42. The van der Waals surface area contributed by atoms with Gasteiger partial charge in [0.15, 0.2) is 10.9 Å². The lowest BCUT2D eigenvalue weighted by molar-refractivity contribution is 0.457. The van der Waals surface area contributed by atoms with Gasteiger partial charge in [0.2, 0.25) is 0 Å². The van der Waals surface area contributed by atoms with Gasteiger partial charge in [0.25, 0.3) is 0 Å². The average Bonchev–Trinajstić information content (AvgIpc) is 3.02. The number of benzene rings is 1. The molecule has 0 atom stereocenters. The van der Waals surface area contributed by atoms with Crippen molar-refractivity contribution in [1.82, 2.24) is 9.78 Å². The topological polar surface area (TPSA) is 27.1 Å². The molecule has 0 N–H and O–H groups in total. The van der Waals surface area contributed by atoms with Gasteiger partial charge in [0.05, 0.1) is 12.2 Å². The van der Waals surface area contributed by atoms with E-state index in [0.717, 1.165) is 18.6 Å². The molecule has 1 fully saturated rings. The minimum absolute atomic E-state index is 0.436. The van der Waals surface area contributed by atoms with Gasteiger partial charge in [-0.15, -0.1) is 0 Å². The molecule has 0 saturated heterocycles. The highest BCUT2D eigenvalue weighted by Crippen LogP contribution is 2.36. The predicted octanol–water partition coefficient (Wildman–Crippen LogP) is 4.44. The molecule has 2 aromatic rings. The van der Waals surface area contributed by atoms with Crippen LogP contribution >= 0.6 is 11.6 Å². The second-order valence-corrected chi connectivity index (χ2v) is 4.96. The monoisotopic (exact) mass is 262 g/mol. The van der Waals surface area contributed by atoms with Crippen molar-refractivity contribution in [3.05, 3.63) is 41.7 Å². The highest BCUT2D eigenvalue weighted by Gasteiger charge is 2.22. The van der Waals surface area contributed by atoms with Gasteiger partial charge in [-0.05, 0) is 25.0 Å². The van der Waals surface area contributed by atoms with Gasteiger partial charge in [0, 0.05) is 0 Å². The first-order valence-corrected chi connectivity index (χ1v) is 6.68. The van der Waals surface area contributed by atoms with E-state index < -0.39 is 0 Å². The fourth-order valence-electron chi connectivity index (χ4n) is 2.42. The molecular formula is C14H15ClN2O. The molecule has 18 heavy (non-hydrogen) atoms. The summed E-state index contributed by atoms with van der Waals surface area (Å²) in [5.41, 5.74) is 0. The molecule has 94 valence electrons. The Bertz CT molecular complexity index is 518. The fraction of sp³-hybridized carbons (Fsp3) is 0.357. The number of para-hydroxylation sites is 1. The van der Waals surface area contributed by atoms with Crippen molar-refractivity contribution < 1.29 is 4.74 Å². The summed E-state index contributed by atoms with van der Waals surface area (Å²) in [6, 6.07) is 10.1. The highest BCUT2D eigenvalue weighted by molar-refractivity contribution is 6.31. The second-order valence-electron chi connectivity index (χ2n) is 4.60. The molecular weight excluding hydrogens is 248 g/mol. The molecule has 0 bridgehead atoms. The summed E-state index contributed by atoms with van der Waals surface area (Å²) in [5, 5.41) is 4.96. The van der Waals surface area contributed by atoms with Crippen molar-refractivity contribution in [3.63, 3.8) is 0 Å².